The van der Waals surface area contributed by atoms with Gasteiger partial charge in [0.05, 0.1) is 12.6 Å². The van der Waals surface area contributed by atoms with Crippen molar-refractivity contribution >= 4 is 22.4 Å². The van der Waals surface area contributed by atoms with Crippen molar-refractivity contribution < 1.29 is 26.6 Å². The number of hydrogen-bond acceptors (Lipinski definition) is 7. The molecule has 1 atom stereocenters. The van der Waals surface area contributed by atoms with Gasteiger partial charge >= 0.3 is 16.4 Å². The van der Waals surface area contributed by atoms with Crippen LogP contribution in [0, 0.1) is 5.41 Å². The zero-order valence-corrected chi connectivity index (χ0v) is 15.0. The van der Waals surface area contributed by atoms with E-state index in [-0.39, 0.29) is 19.0 Å². The number of rotatable bonds is 7. The molecule has 5 N–H and O–H groups in total. The number of hydrogen-bond donors (Lipinski definition) is 4. The van der Waals surface area contributed by atoms with Crippen molar-refractivity contribution in [2.75, 3.05) is 19.6 Å². The lowest BCUT2D eigenvalue weighted by Crippen LogP contribution is -2.43. The Hall–Kier alpha value is -2.38. The highest BCUT2D eigenvalue weighted by atomic mass is 32.3. The summed E-state index contributed by atoms with van der Waals surface area (Å²) in [4.78, 5) is 13.9. The molecule has 1 fully saturated rings. The summed E-state index contributed by atoms with van der Waals surface area (Å²) in [6, 6.07) is 0.609. The Labute approximate surface area is 150 Å². The fraction of sp³-hybridized carbons (Fsp3) is 0.615. The predicted molar refractivity (Wildman–Crippen MR) is 89.2 cm³/mol. The van der Waals surface area contributed by atoms with Gasteiger partial charge in [0.25, 0.3) is 0 Å². The first kappa shape index (κ1) is 19.9. The summed E-state index contributed by atoms with van der Waals surface area (Å²) in [5.74, 6) is 0.419. The summed E-state index contributed by atoms with van der Waals surface area (Å²) < 4.78 is 40.3. The number of urea groups is 1. The van der Waals surface area contributed by atoms with Gasteiger partial charge in [-0.15, -0.1) is 4.28 Å². The van der Waals surface area contributed by atoms with Gasteiger partial charge in [0.1, 0.15) is 11.5 Å². The summed E-state index contributed by atoms with van der Waals surface area (Å²) >= 11 is 0. The zero-order valence-electron chi connectivity index (χ0n) is 14.2. The predicted octanol–water partition coefficient (Wildman–Crippen LogP) is 0.0134. The first-order chi connectivity index (χ1) is 12.2. The first-order valence-electron chi connectivity index (χ1n) is 7.99. The first-order valence-corrected chi connectivity index (χ1v) is 9.36. The van der Waals surface area contributed by atoms with Crippen molar-refractivity contribution in [1.29, 1.82) is 5.41 Å². The number of nitrogens with two attached hydrogens (primary N) is 1. The maximum atomic E-state index is 12.5. The van der Waals surface area contributed by atoms with Gasteiger partial charge in [0, 0.05) is 25.6 Å². The van der Waals surface area contributed by atoms with Crippen LogP contribution in [0.15, 0.2) is 10.6 Å². The molecule has 2 heterocycles. The van der Waals surface area contributed by atoms with Gasteiger partial charge in [-0.2, -0.15) is 13.5 Å². The van der Waals surface area contributed by atoms with Gasteiger partial charge in [-0.3, -0.25) is 9.96 Å². The third-order valence-electron chi connectivity index (χ3n) is 3.80. The molecule has 0 aliphatic carbocycles. The fourth-order valence-corrected chi connectivity index (χ4v) is 3.09. The van der Waals surface area contributed by atoms with Gasteiger partial charge in [-0.25, -0.2) is 4.79 Å². The van der Waals surface area contributed by atoms with Crippen molar-refractivity contribution in [2.45, 2.75) is 32.2 Å². The highest BCUT2D eigenvalue weighted by Gasteiger charge is 2.35. The second-order valence-corrected chi connectivity index (χ2v) is 6.64. The third kappa shape index (κ3) is 5.31. The van der Waals surface area contributed by atoms with E-state index in [1.165, 1.54) is 4.90 Å². The molecule has 1 aliphatic heterocycles. The van der Waals surface area contributed by atoms with Gasteiger partial charge < -0.3 is 20.5 Å². The quantitative estimate of drug-likeness (QED) is 0.284. The standard InChI is InChI=1S/C13H22N6O6S/c1-2-18-11(4-3-7-19(13(18)20)25-26(21,22)23)10-8-9(24-17-10)5-6-16-12(14)15/h8,11H,2-7H2,1H3,(H4,14,15,16)(H,21,22,23)/t11-/m0/s1. The normalized spacial score (nSPS) is 18.7. The van der Waals surface area contributed by atoms with Crippen LogP contribution in [0.5, 0.6) is 0 Å². The number of aromatic nitrogens is 1. The Kier molecular flexibility index (Phi) is 6.39. The van der Waals surface area contributed by atoms with Crippen LogP contribution in [0.3, 0.4) is 0 Å². The molecule has 26 heavy (non-hydrogen) atoms. The summed E-state index contributed by atoms with van der Waals surface area (Å²) in [6.07, 6.45) is 1.41. The third-order valence-corrected chi connectivity index (χ3v) is 4.17. The van der Waals surface area contributed by atoms with Crippen molar-refractivity contribution in [1.82, 2.24) is 20.4 Å². The molecule has 13 heteroatoms. The van der Waals surface area contributed by atoms with Crippen LogP contribution in [-0.2, 0) is 21.1 Å². The van der Waals surface area contributed by atoms with Crippen LogP contribution < -0.4 is 11.1 Å². The topological polar surface area (TPSA) is 175 Å². The van der Waals surface area contributed by atoms with Crippen LogP contribution >= 0.6 is 0 Å². The number of carbonyl (C=O) groups is 1. The molecule has 146 valence electrons. The Bertz CT molecular complexity index is 750. The number of nitrogens with zero attached hydrogens (tertiary/aromatic N) is 3. The molecule has 0 radical (unpaired) electrons. The molecule has 0 unspecified atom stereocenters. The minimum Gasteiger partial charge on any atom is -0.370 e. The smallest absolute Gasteiger partial charge is 0.370 e. The molecule has 0 spiro atoms. The Morgan fingerprint density at radius 1 is 1.62 bits per heavy atom. The Morgan fingerprint density at radius 3 is 2.96 bits per heavy atom. The van der Waals surface area contributed by atoms with Crippen molar-refractivity contribution in [3.05, 3.63) is 17.5 Å². The van der Waals surface area contributed by atoms with E-state index < -0.39 is 22.5 Å². The second kappa shape index (κ2) is 8.33. The van der Waals surface area contributed by atoms with E-state index in [9.17, 15) is 13.2 Å². The maximum Gasteiger partial charge on any atom is 0.418 e. The average Bonchev–Trinajstić information content (AvgIpc) is 2.94. The summed E-state index contributed by atoms with van der Waals surface area (Å²) in [5, 5.41) is 14.4. The van der Waals surface area contributed by atoms with Crippen LogP contribution in [0.2, 0.25) is 0 Å². The molecule has 2 rings (SSSR count). The largest absolute Gasteiger partial charge is 0.418 e. The molecular weight excluding hydrogens is 368 g/mol. The summed E-state index contributed by atoms with van der Waals surface area (Å²) in [7, 11) is -4.79. The monoisotopic (exact) mass is 390 g/mol. The zero-order chi connectivity index (χ0) is 19.3. The number of amides is 2. The molecule has 1 aromatic heterocycles. The van der Waals surface area contributed by atoms with Crippen molar-refractivity contribution in [3.63, 3.8) is 0 Å². The van der Waals surface area contributed by atoms with Crippen LogP contribution in [-0.4, -0.2) is 59.7 Å². The highest BCUT2D eigenvalue weighted by molar-refractivity contribution is 7.80. The Balaban J connectivity index is 2.12. The lowest BCUT2D eigenvalue weighted by molar-refractivity contribution is -0.0274. The maximum absolute atomic E-state index is 12.5. The van der Waals surface area contributed by atoms with E-state index in [2.05, 4.69) is 14.8 Å². The van der Waals surface area contributed by atoms with Crippen molar-refractivity contribution in [3.8, 4) is 0 Å². The van der Waals surface area contributed by atoms with E-state index in [4.69, 9.17) is 20.2 Å². The van der Waals surface area contributed by atoms with E-state index in [0.29, 0.717) is 42.3 Å². The summed E-state index contributed by atoms with van der Waals surface area (Å²) in [6.45, 7) is 2.43. The van der Waals surface area contributed by atoms with Gasteiger partial charge in [0.15, 0.2) is 5.96 Å². The molecular formula is C13H22N6O6S. The molecule has 0 saturated carbocycles. The molecule has 0 bridgehead atoms. The van der Waals surface area contributed by atoms with E-state index in [0.717, 1.165) is 0 Å². The summed E-state index contributed by atoms with van der Waals surface area (Å²) in [5.41, 5.74) is 5.74. The Morgan fingerprint density at radius 2 is 2.35 bits per heavy atom. The molecule has 1 saturated heterocycles. The van der Waals surface area contributed by atoms with E-state index in [1.54, 1.807) is 13.0 Å². The van der Waals surface area contributed by atoms with Crippen molar-refractivity contribution in [2.24, 2.45) is 5.73 Å². The number of nitrogens with one attached hydrogen (secondary N) is 2. The lowest BCUT2D eigenvalue weighted by Gasteiger charge is -2.29. The number of hydroxylamine groups is 2. The average molecular weight is 390 g/mol. The van der Waals surface area contributed by atoms with Crippen LogP contribution in [0.25, 0.3) is 0 Å². The number of carbonyl (C=O) groups excluding carboxylic acids is 1. The van der Waals surface area contributed by atoms with Gasteiger partial charge in [-0.05, 0) is 19.8 Å². The van der Waals surface area contributed by atoms with Gasteiger partial charge in [0.2, 0.25) is 0 Å². The fourth-order valence-electron chi connectivity index (χ4n) is 2.73. The van der Waals surface area contributed by atoms with Crippen LogP contribution in [0.4, 0.5) is 4.79 Å². The minimum atomic E-state index is -4.79. The second-order valence-electron chi connectivity index (χ2n) is 5.64. The molecule has 12 nitrogen and oxygen atoms in total. The van der Waals surface area contributed by atoms with Crippen LogP contribution in [0.1, 0.15) is 37.3 Å². The van der Waals surface area contributed by atoms with E-state index in [1.807, 2.05) is 0 Å². The molecule has 1 aromatic rings. The lowest BCUT2D eigenvalue weighted by atomic mass is 10.1. The highest BCUT2D eigenvalue weighted by Crippen LogP contribution is 2.29. The molecule has 1 aliphatic rings. The molecule has 0 aromatic carbocycles. The minimum absolute atomic E-state index is 0.0128. The molecule has 2 amide bonds. The number of guanidine groups is 1. The SMILES string of the molecule is CCN1C(=O)N(OS(=O)(=O)O)CCC[C@H]1c1cc(CCNC(=N)N)on1. The van der Waals surface area contributed by atoms with E-state index >= 15 is 0 Å². The van der Waals surface area contributed by atoms with Gasteiger partial charge in [-0.1, -0.05) is 5.16 Å².